The van der Waals surface area contributed by atoms with E-state index in [0.717, 1.165) is 0 Å². The Morgan fingerprint density at radius 2 is 2.17 bits per heavy atom. The number of benzene rings is 1. The average Bonchev–Trinajstić information content (AvgIpc) is 2.82. The molecule has 0 radical (unpaired) electrons. The summed E-state index contributed by atoms with van der Waals surface area (Å²) >= 11 is 0. The van der Waals surface area contributed by atoms with Gasteiger partial charge in [0, 0.05) is 17.9 Å². The molecule has 0 aliphatic carbocycles. The molecule has 0 spiro atoms. The summed E-state index contributed by atoms with van der Waals surface area (Å²) in [6.45, 7) is 0.233. The fourth-order valence-corrected chi connectivity index (χ4v) is 3.92. The van der Waals surface area contributed by atoms with Gasteiger partial charge in [0.1, 0.15) is 6.04 Å². The molecule has 0 bridgehead atoms. The molecule has 2 aliphatic rings. The van der Waals surface area contributed by atoms with E-state index < -0.39 is 28.3 Å². The topological polar surface area (TPSA) is 133 Å². The number of nitrogens with zero attached hydrogens (tertiary/aromatic N) is 2. The van der Waals surface area contributed by atoms with Crippen molar-refractivity contribution < 1.29 is 22.6 Å². The highest BCUT2D eigenvalue weighted by Gasteiger charge is 2.59. The lowest BCUT2D eigenvalue weighted by Crippen LogP contribution is -2.68. The van der Waals surface area contributed by atoms with Gasteiger partial charge in [-0.05, 0) is 24.6 Å². The van der Waals surface area contributed by atoms with Crippen molar-refractivity contribution in [1.29, 1.82) is 0 Å². The zero-order valence-corrected chi connectivity index (χ0v) is 12.9. The second-order valence-electron chi connectivity index (χ2n) is 5.48. The molecule has 0 aromatic heterocycles. The van der Waals surface area contributed by atoms with Crippen LogP contribution in [0.4, 0.5) is 11.4 Å². The van der Waals surface area contributed by atoms with Crippen LogP contribution in [0.5, 0.6) is 0 Å². The second-order valence-corrected chi connectivity index (χ2v) is 6.77. The summed E-state index contributed by atoms with van der Waals surface area (Å²) in [5.74, 6) is -1.09. The fraction of sp³-hybridized carbons (Fsp3) is 0.385. The number of nitrogens with one attached hydrogen (secondary N) is 1. The molecule has 2 aliphatic heterocycles. The third kappa shape index (κ3) is 2.70. The van der Waals surface area contributed by atoms with Crippen molar-refractivity contribution in [3.05, 3.63) is 24.3 Å². The number of hydrogen-bond acceptors (Lipinski definition) is 6. The van der Waals surface area contributed by atoms with Crippen LogP contribution in [-0.2, 0) is 19.9 Å². The first-order valence-corrected chi connectivity index (χ1v) is 8.38. The van der Waals surface area contributed by atoms with Crippen molar-refractivity contribution in [1.82, 2.24) is 9.21 Å². The van der Waals surface area contributed by atoms with Crippen molar-refractivity contribution in [3.8, 4) is 0 Å². The van der Waals surface area contributed by atoms with Crippen LogP contribution in [-0.4, -0.2) is 59.2 Å². The van der Waals surface area contributed by atoms with Crippen LogP contribution in [0.25, 0.3) is 0 Å². The normalized spacial score (nSPS) is 23.4. The highest BCUT2D eigenvalue weighted by atomic mass is 32.2. The molecule has 3 rings (SSSR count). The van der Waals surface area contributed by atoms with Gasteiger partial charge in [-0.25, -0.2) is 4.31 Å². The zero-order chi connectivity index (χ0) is 16.8. The number of likely N-dealkylation sites (tertiary alicyclic amines) is 1. The molecule has 9 nitrogen and oxygen atoms in total. The Kier molecular flexibility index (Phi) is 3.65. The molecule has 4 N–H and O–H groups in total. The lowest BCUT2D eigenvalue weighted by atomic mass is 10.0. The molecule has 2 heterocycles. The van der Waals surface area contributed by atoms with Crippen molar-refractivity contribution in [2.24, 2.45) is 0 Å². The lowest BCUT2D eigenvalue weighted by molar-refractivity contribution is -0.151. The van der Waals surface area contributed by atoms with Crippen LogP contribution in [0.3, 0.4) is 0 Å². The van der Waals surface area contributed by atoms with Crippen LogP contribution in [0, 0.1) is 0 Å². The molecular formula is C13H16N4O5S. The Balaban J connectivity index is 1.63. The Hall–Kier alpha value is -2.33. The Morgan fingerprint density at radius 1 is 1.43 bits per heavy atom. The molecule has 0 saturated carbocycles. The van der Waals surface area contributed by atoms with Crippen LogP contribution in [0.15, 0.2) is 24.3 Å². The average molecular weight is 340 g/mol. The van der Waals surface area contributed by atoms with E-state index in [1.54, 1.807) is 24.3 Å². The maximum Gasteiger partial charge on any atom is 0.362 e. The highest BCUT2D eigenvalue weighted by Crippen LogP contribution is 2.35. The van der Waals surface area contributed by atoms with Crippen molar-refractivity contribution in [2.45, 2.75) is 18.5 Å². The number of nitrogen functional groups attached to an aromatic ring is 1. The Bertz CT molecular complexity index is 765. The summed E-state index contributed by atoms with van der Waals surface area (Å²) in [6.07, 6.45) is 0.320. The van der Waals surface area contributed by atoms with Crippen LogP contribution < -0.4 is 11.1 Å². The number of nitrogens with two attached hydrogens (primary N) is 1. The van der Waals surface area contributed by atoms with E-state index >= 15 is 0 Å². The predicted octanol–water partition coefficient (Wildman–Crippen LogP) is -0.705. The van der Waals surface area contributed by atoms with Gasteiger partial charge >= 0.3 is 10.3 Å². The van der Waals surface area contributed by atoms with Gasteiger partial charge in [0.05, 0.1) is 12.6 Å². The second kappa shape index (κ2) is 5.39. The molecule has 1 aromatic rings. The minimum Gasteiger partial charge on any atom is -0.399 e. The smallest absolute Gasteiger partial charge is 0.362 e. The summed E-state index contributed by atoms with van der Waals surface area (Å²) in [5.41, 5.74) is 6.88. The summed E-state index contributed by atoms with van der Waals surface area (Å²) < 4.78 is 31.7. The summed E-state index contributed by atoms with van der Waals surface area (Å²) in [5, 5.41) is 2.91. The van der Waals surface area contributed by atoms with Crippen LogP contribution >= 0.6 is 0 Å². The third-order valence-corrected chi connectivity index (χ3v) is 4.98. The minimum atomic E-state index is -4.56. The first-order valence-electron chi connectivity index (χ1n) is 6.98. The van der Waals surface area contributed by atoms with Gasteiger partial charge in [-0.2, -0.15) is 8.42 Å². The summed E-state index contributed by atoms with van der Waals surface area (Å²) in [6, 6.07) is 5.41. The monoisotopic (exact) mass is 340 g/mol. The maximum atomic E-state index is 12.2. The van der Waals surface area contributed by atoms with Gasteiger partial charge in [0.25, 0.3) is 5.91 Å². The van der Waals surface area contributed by atoms with Crippen molar-refractivity contribution >= 4 is 33.5 Å². The van der Waals surface area contributed by atoms with Crippen LogP contribution in [0.1, 0.15) is 6.42 Å². The van der Waals surface area contributed by atoms with Gasteiger partial charge in [-0.1, -0.05) is 6.07 Å². The quantitative estimate of drug-likeness (QED) is 0.375. The van der Waals surface area contributed by atoms with E-state index in [4.69, 9.17) is 10.3 Å². The minimum absolute atomic E-state index is 0.0359. The molecule has 2 fully saturated rings. The summed E-state index contributed by atoms with van der Waals surface area (Å²) in [4.78, 5) is 25.5. The van der Waals surface area contributed by atoms with E-state index in [-0.39, 0.29) is 19.0 Å². The molecular weight excluding hydrogens is 324 g/mol. The number of carbonyl (C=O) groups excluding carboxylic acids is 2. The first kappa shape index (κ1) is 15.6. The molecule has 1 aromatic carbocycles. The first-order chi connectivity index (χ1) is 10.8. The number of rotatable bonds is 4. The SMILES string of the molecule is Nc1cccc(NCC(=O)N2CC[C@@H]3[C@H]2C(=O)N3S(=O)(=O)O)c1. The van der Waals surface area contributed by atoms with E-state index in [1.165, 1.54) is 4.90 Å². The van der Waals surface area contributed by atoms with E-state index in [9.17, 15) is 18.0 Å². The molecule has 23 heavy (non-hydrogen) atoms. The molecule has 10 heteroatoms. The largest absolute Gasteiger partial charge is 0.399 e. The van der Waals surface area contributed by atoms with Gasteiger partial charge < -0.3 is 16.0 Å². The van der Waals surface area contributed by atoms with Crippen molar-refractivity contribution in [3.63, 3.8) is 0 Å². The number of hydrogen-bond donors (Lipinski definition) is 3. The van der Waals surface area contributed by atoms with E-state index in [0.29, 0.717) is 22.1 Å². The van der Waals surface area contributed by atoms with Crippen molar-refractivity contribution in [2.75, 3.05) is 24.1 Å². The fourth-order valence-electron chi connectivity index (χ4n) is 3.02. The Labute approximate surface area is 132 Å². The zero-order valence-electron chi connectivity index (χ0n) is 12.0. The number of anilines is 2. The van der Waals surface area contributed by atoms with Gasteiger partial charge in [-0.3, -0.25) is 14.1 Å². The summed E-state index contributed by atoms with van der Waals surface area (Å²) in [7, 11) is -4.56. The van der Waals surface area contributed by atoms with Gasteiger partial charge in [0.2, 0.25) is 5.91 Å². The predicted molar refractivity (Wildman–Crippen MR) is 81.6 cm³/mol. The highest BCUT2D eigenvalue weighted by molar-refractivity contribution is 7.84. The Morgan fingerprint density at radius 3 is 2.83 bits per heavy atom. The molecule has 0 unspecified atom stereocenters. The maximum absolute atomic E-state index is 12.2. The van der Waals surface area contributed by atoms with Gasteiger partial charge in [-0.15, -0.1) is 0 Å². The van der Waals surface area contributed by atoms with Gasteiger partial charge in [0.15, 0.2) is 0 Å². The number of β-lactam (4-membered cyclic amide) rings is 1. The van der Waals surface area contributed by atoms with E-state index in [2.05, 4.69) is 5.32 Å². The third-order valence-electron chi connectivity index (χ3n) is 4.04. The van der Waals surface area contributed by atoms with E-state index in [1.807, 2.05) is 0 Å². The van der Waals surface area contributed by atoms with Crippen LogP contribution in [0.2, 0.25) is 0 Å². The lowest BCUT2D eigenvalue weighted by Gasteiger charge is -2.42. The molecule has 2 amide bonds. The molecule has 2 atom stereocenters. The standard InChI is InChI=1S/C13H16N4O5S/c14-8-2-1-3-9(6-8)15-7-11(18)16-5-4-10-12(16)13(19)17(10)23(20,21)22/h1-3,6,10,12,15H,4-5,7,14H2,(H,20,21,22)/t10-,12+/m1/s1. The molecule has 2 saturated heterocycles. The number of amides is 2. The number of fused-ring (bicyclic) bond motifs is 1. The molecule has 124 valence electrons. The number of carbonyl (C=O) groups is 2.